The van der Waals surface area contributed by atoms with Crippen LogP contribution in [-0.4, -0.2) is 40.1 Å². The topological polar surface area (TPSA) is 77.8 Å². The van der Waals surface area contributed by atoms with Crippen LogP contribution >= 0.6 is 0 Å². The quantitative estimate of drug-likeness (QED) is 0.731. The highest BCUT2D eigenvalue weighted by molar-refractivity contribution is 5.75. The highest BCUT2D eigenvalue weighted by Gasteiger charge is 2.27. The zero-order valence-electron chi connectivity index (χ0n) is 12.6. The molecule has 0 heterocycles. The van der Waals surface area contributed by atoms with E-state index in [1.54, 1.807) is 4.90 Å². The Morgan fingerprint density at radius 1 is 1.10 bits per heavy atom. The van der Waals surface area contributed by atoms with E-state index in [2.05, 4.69) is 0 Å². The van der Waals surface area contributed by atoms with Crippen molar-refractivity contribution < 1.29 is 19.8 Å². The average Bonchev–Trinajstić information content (AvgIpc) is 2.45. The summed E-state index contributed by atoms with van der Waals surface area (Å²) >= 11 is 0. The molecule has 0 amide bonds. The minimum absolute atomic E-state index is 0.0587. The molecule has 5 heteroatoms. The van der Waals surface area contributed by atoms with Crippen LogP contribution in [-0.2, 0) is 16.0 Å². The van der Waals surface area contributed by atoms with Crippen LogP contribution in [0.3, 0.4) is 0 Å². The normalized spacial score (nSPS) is 12.3. The molecule has 1 unspecified atom stereocenters. The number of hydrogen-bond acceptors (Lipinski definition) is 3. The van der Waals surface area contributed by atoms with Crippen LogP contribution < -0.4 is 0 Å². The molecule has 116 valence electrons. The summed E-state index contributed by atoms with van der Waals surface area (Å²) in [4.78, 5) is 24.1. The van der Waals surface area contributed by atoms with E-state index in [-0.39, 0.29) is 13.0 Å². The lowest BCUT2D eigenvalue weighted by Gasteiger charge is -2.28. The van der Waals surface area contributed by atoms with Crippen LogP contribution in [0.5, 0.6) is 0 Å². The van der Waals surface area contributed by atoms with Crippen LogP contribution in [0.4, 0.5) is 0 Å². The van der Waals surface area contributed by atoms with Gasteiger partial charge < -0.3 is 10.2 Å². The average molecular weight is 293 g/mol. The maximum absolute atomic E-state index is 11.6. The van der Waals surface area contributed by atoms with Gasteiger partial charge in [-0.05, 0) is 30.5 Å². The molecule has 0 aliphatic carbocycles. The molecule has 0 bridgehead atoms. The highest BCUT2D eigenvalue weighted by atomic mass is 16.4. The molecule has 0 fully saturated rings. The van der Waals surface area contributed by atoms with Gasteiger partial charge in [-0.2, -0.15) is 0 Å². The van der Waals surface area contributed by atoms with Crippen molar-refractivity contribution in [2.45, 2.75) is 39.2 Å². The van der Waals surface area contributed by atoms with Crippen LogP contribution in [0.1, 0.15) is 43.9 Å². The van der Waals surface area contributed by atoms with E-state index < -0.39 is 18.0 Å². The van der Waals surface area contributed by atoms with Gasteiger partial charge in [0.05, 0.1) is 6.42 Å². The molecule has 21 heavy (non-hydrogen) atoms. The Labute approximate surface area is 125 Å². The second kappa shape index (κ2) is 8.42. The maximum Gasteiger partial charge on any atom is 0.325 e. The first kappa shape index (κ1) is 17.2. The lowest BCUT2D eigenvalue weighted by Crippen LogP contribution is -2.36. The predicted molar refractivity (Wildman–Crippen MR) is 80.3 cm³/mol. The van der Waals surface area contributed by atoms with Crippen molar-refractivity contribution in [1.82, 2.24) is 4.90 Å². The monoisotopic (exact) mass is 293 g/mol. The van der Waals surface area contributed by atoms with E-state index in [0.717, 1.165) is 18.4 Å². The molecule has 1 rings (SSSR count). The molecule has 0 aliphatic heterocycles. The summed E-state index contributed by atoms with van der Waals surface area (Å²) in [5.41, 5.74) is 1.84. The number of aryl methyl sites for hydroxylation is 1. The largest absolute Gasteiger partial charge is 0.481 e. The lowest BCUT2D eigenvalue weighted by atomic mass is 10.0. The van der Waals surface area contributed by atoms with Gasteiger partial charge in [-0.3, -0.25) is 14.5 Å². The van der Waals surface area contributed by atoms with Gasteiger partial charge in [-0.15, -0.1) is 0 Å². The van der Waals surface area contributed by atoms with Crippen molar-refractivity contribution in [2.24, 2.45) is 0 Å². The van der Waals surface area contributed by atoms with E-state index in [0.29, 0.717) is 12.1 Å². The minimum atomic E-state index is -0.946. The minimum Gasteiger partial charge on any atom is -0.481 e. The van der Waals surface area contributed by atoms with Crippen molar-refractivity contribution in [2.75, 3.05) is 13.1 Å². The first-order valence-corrected chi connectivity index (χ1v) is 7.27. The molecule has 0 saturated carbocycles. The molecule has 0 saturated heterocycles. The van der Waals surface area contributed by atoms with Gasteiger partial charge in [-0.25, -0.2) is 0 Å². The van der Waals surface area contributed by atoms with Gasteiger partial charge in [-0.1, -0.05) is 38.1 Å². The number of hydrogen-bond donors (Lipinski definition) is 2. The fraction of sp³-hybridized carbons (Fsp3) is 0.500. The van der Waals surface area contributed by atoms with Crippen LogP contribution in [0.25, 0.3) is 0 Å². The Balaban J connectivity index is 2.98. The van der Waals surface area contributed by atoms with E-state index >= 15 is 0 Å². The second-order valence-electron chi connectivity index (χ2n) is 5.02. The smallest absolute Gasteiger partial charge is 0.325 e. The third-order valence-corrected chi connectivity index (χ3v) is 3.43. The first-order valence-electron chi connectivity index (χ1n) is 7.27. The van der Waals surface area contributed by atoms with Gasteiger partial charge in [0, 0.05) is 6.54 Å². The Bertz CT molecular complexity index is 470. The molecule has 5 nitrogen and oxygen atoms in total. The van der Waals surface area contributed by atoms with E-state index in [1.165, 1.54) is 0 Å². The number of carboxylic acids is 2. The number of nitrogens with zero attached hydrogens (tertiary/aromatic N) is 1. The number of benzene rings is 1. The molecular weight excluding hydrogens is 270 g/mol. The molecule has 0 aromatic heterocycles. The van der Waals surface area contributed by atoms with Gasteiger partial charge in [0.15, 0.2) is 0 Å². The third-order valence-electron chi connectivity index (χ3n) is 3.43. The van der Waals surface area contributed by atoms with Gasteiger partial charge in [0.2, 0.25) is 0 Å². The van der Waals surface area contributed by atoms with Crippen LogP contribution in [0.15, 0.2) is 24.3 Å². The summed E-state index contributed by atoms with van der Waals surface area (Å²) < 4.78 is 0. The fourth-order valence-corrected chi connectivity index (χ4v) is 2.34. The van der Waals surface area contributed by atoms with Gasteiger partial charge in [0.25, 0.3) is 0 Å². The molecule has 1 atom stereocenters. The van der Waals surface area contributed by atoms with Crippen molar-refractivity contribution in [3.8, 4) is 0 Å². The number of aliphatic carboxylic acids is 2. The number of rotatable bonds is 9. The Morgan fingerprint density at radius 2 is 1.71 bits per heavy atom. The zero-order chi connectivity index (χ0) is 15.8. The molecule has 2 N–H and O–H groups in total. The summed E-state index contributed by atoms with van der Waals surface area (Å²) in [6.07, 6.45) is 1.61. The third kappa shape index (κ3) is 5.19. The SMILES string of the molecule is CCCN(CCC(=O)O)C(C(=O)O)c1ccc(CC)cc1. The molecule has 1 aromatic carbocycles. The van der Waals surface area contributed by atoms with Crippen molar-refractivity contribution in [3.05, 3.63) is 35.4 Å². The Hall–Kier alpha value is -1.88. The summed E-state index contributed by atoms with van der Waals surface area (Å²) in [6, 6.07) is 6.69. The summed E-state index contributed by atoms with van der Waals surface area (Å²) in [6.45, 7) is 4.78. The highest BCUT2D eigenvalue weighted by Crippen LogP contribution is 2.22. The van der Waals surface area contributed by atoms with Gasteiger partial charge >= 0.3 is 11.9 Å². The molecule has 0 spiro atoms. The van der Waals surface area contributed by atoms with E-state index in [1.807, 2.05) is 38.1 Å². The zero-order valence-corrected chi connectivity index (χ0v) is 12.6. The number of carbonyl (C=O) groups is 2. The van der Waals surface area contributed by atoms with Crippen molar-refractivity contribution in [3.63, 3.8) is 0 Å². The first-order chi connectivity index (χ1) is 9.99. The molecule has 0 radical (unpaired) electrons. The Morgan fingerprint density at radius 3 is 2.14 bits per heavy atom. The predicted octanol–water partition coefficient (Wildman–Crippen LogP) is 2.56. The van der Waals surface area contributed by atoms with Gasteiger partial charge in [0.1, 0.15) is 6.04 Å². The van der Waals surface area contributed by atoms with Crippen LogP contribution in [0.2, 0.25) is 0 Å². The molecular formula is C16H23NO4. The standard InChI is InChI=1S/C16H23NO4/c1-3-10-17(11-9-14(18)19)15(16(20)21)13-7-5-12(4-2)6-8-13/h5-8,15H,3-4,9-11H2,1-2H3,(H,18,19)(H,20,21). The summed E-state index contributed by atoms with van der Waals surface area (Å²) in [5, 5.41) is 18.3. The van der Waals surface area contributed by atoms with Crippen molar-refractivity contribution >= 4 is 11.9 Å². The van der Waals surface area contributed by atoms with Crippen molar-refractivity contribution in [1.29, 1.82) is 0 Å². The maximum atomic E-state index is 11.6. The Kier molecular flexibility index (Phi) is 6.88. The number of carboxylic acid groups (broad SMARTS) is 2. The lowest BCUT2D eigenvalue weighted by molar-refractivity contribution is -0.145. The summed E-state index contributed by atoms with van der Waals surface area (Å²) in [5.74, 6) is -1.86. The molecule has 0 aliphatic rings. The fourth-order valence-electron chi connectivity index (χ4n) is 2.34. The second-order valence-corrected chi connectivity index (χ2v) is 5.02. The van der Waals surface area contributed by atoms with E-state index in [4.69, 9.17) is 5.11 Å². The molecule has 1 aromatic rings. The van der Waals surface area contributed by atoms with Crippen LogP contribution in [0, 0.1) is 0 Å². The summed E-state index contributed by atoms with van der Waals surface area (Å²) in [7, 11) is 0. The van der Waals surface area contributed by atoms with E-state index in [9.17, 15) is 14.7 Å².